The lowest BCUT2D eigenvalue weighted by atomic mass is 9.43. The maximum absolute atomic E-state index is 13.7. The number of hydrogen-bond acceptors (Lipinski definition) is 6. The molecule has 4 fully saturated rings. The predicted molar refractivity (Wildman–Crippen MR) is 172 cm³/mol. The van der Waals surface area contributed by atoms with E-state index in [-0.39, 0.29) is 47.3 Å². The van der Waals surface area contributed by atoms with E-state index >= 15 is 0 Å². The highest BCUT2D eigenvalue weighted by Gasteiger charge is 2.68. The topological polar surface area (TPSA) is 150 Å². The molecule has 0 unspecified atom stereocenters. The zero-order valence-corrected chi connectivity index (χ0v) is 27.8. The molecule has 2 bridgehead atoms. The zero-order chi connectivity index (χ0) is 31.6. The number of carbonyl (C=O) groups excluding carboxylic acids is 2. The second-order valence-corrected chi connectivity index (χ2v) is 14.3. The van der Waals surface area contributed by atoms with Gasteiger partial charge in [0.25, 0.3) is 0 Å². The van der Waals surface area contributed by atoms with Crippen molar-refractivity contribution in [1.82, 2.24) is 10.6 Å². The van der Waals surface area contributed by atoms with E-state index in [1.54, 1.807) is 0 Å². The summed E-state index contributed by atoms with van der Waals surface area (Å²) in [5.41, 5.74) is 10.8. The first-order chi connectivity index (χ1) is 20.4. The largest absolute Gasteiger partial charge is 0.481 e. The van der Waals surface area contributed by atoms with Crippen molar-refractivity contribution >= 4 is 24.9 Å². The molecule has 246 valence electrons. The quantitative estimate of drug-likeness (QED) is 0.0707. The number of aliphatic imine (C=N–C) groups is 1. The van der Waals surface area contributed by atoms with E-state index in [1.807, 2.05) is 0 Å². The number of amides is 2. The van der Waals surface area contributed by atoms with Crippen molar-refractivity contribution in [3.05, 3.63) is 0 Å². The van der Waals surface area contributed by atoms with Crippen LogP contribution in [0.5, 0.6) is 0 Å². The first-order valence-electron chi connectivity index (χ1n) is 16.9. The van der Waals surface area contributed by atoms with Crippen molar-refractivity contribution in [1.29, 1.82) is 0 Å². The van der Waals surface area contributed by atoms with Gasteiger partial charge in [-0.25, -0.2) is 0 Å². The summed E-state index contributed by atoms with van der Waals surface area (Å²) in [7, 11) is -0.523. The maximum Gasteiger partial charge on any atom is 0.481 e. The van der Waals surface area contributed by atoms with Crippen LogP contribution in [-0.2, 0) is 23.6 Å². The van der Waals surface area contributed by atoms with Gasteiger partial charge in [0.2, 0.25) is 11.8 Å². The van der Waals surface area contributed by atoms with Crippen molar-refractivity contribution in [2.75, 3.05) is 19.8 Å². The van der Waals surface area contributed by atoms with Crippen molar-refractivity contribution in [2.24, 2.45) is 39.6 Å². The summed E-state index contributed by atoms with van der Waals surface area (Å²) < 4.78 is 18.9. The summed E-state index contributed by atoms with van der Waals surface area (Å²) in [4.78, 5) is 30.6. The summed E-state index contributed by atoms with van der Waals surface area (Å²) in [5.74, 6) is 0.638. The summed E-state index contributed by atoms with van der Waals surface area (Å²) in [5, 5.41) is 6.14. The fourth-order valence-electron chi connectivity index (χ4n) is 7.39. The third-order valence-electron chi connectivity index (χ3n) is 10.1. The summed E-state index contributed by atoms with van der Waals surface area (Å²) in [6, 6.07) is -0.721. The fourth-order valence-corrected chi connectivity index (χ4v) is 7.39. The van der Waals surface area contributed by atoms with Crippen LogP contribution in [0.15, 0.2) is 4.99 Å². The normalized spacial score (nSPS) is 26.8. The van der Waals surface area contributed by atoms with Crippen LogP contribution in [-0.4, -0.2) is 68.3 Å². The molecule has 10 nitrogen and oxygen atoms in total. The van der Waals surface area contributed by atoms with Gasteiger partial charge in [0.05, 0.1) is 24.3 Å². The van der Waals surface area contributed by atoms with Crippen LogP contribution in [0, 0.1) is 23.2 Å². The van der Waals surface area contributed by atoms with Crippen LogP contribution < -0.4 is 22.1 Å². The van der Waals surface area contributed by atoms with Crippen LogP contribution in [0.2, 0.25) is 0 Å². The van der Waals surface area contributed by atoms with Gasteiger partial charge in [-0.3, -0.25) is 14.6 Å². The number of rotatable bonds is 20. The number of nitrogens with one attached hydrogen (secondary N) is 2. The fraction of sp³-hybridized carbons (Fsp3) is 0.906. The van der Waals surface area contributed by atoms with E-state index in [0.717, 1.165) is 19.3 Å². The first kappa shape index (κ1) is 35.6. The molecule has 0 aromatic carbocycles. The Morgan fingerprint density at radius 1 is 1.02 bits per heavy atom. The SMILES string of the molecule is CCCCCCCCOCCC(=O)N[C@@H](CCCN=C(N)N)C(=O)N[C@@H](CC(C)C)B1O[C@@H]2C[C@@H]3C[C@@H](C3(C)C)[C@]2(C)O1. The van der Waals surface area contributed by atoms with Crippen LogP contribution in [0.1, 0.15) is 119 Å². The Morgan fingerprint density at radius 3 is 2.42 bits per heavy atom. The molecule has 0 aromatic heterocycles. The van der Waals surface area contributed by atoms with Crippen LogP contribution >= 0.6 is 0 Å². The van der Waals surface area contributed by atoms with Gasteiger partial charge in [0, 0.05) is 19.6 Å². The summed E-state index contributed by atoms with van der Waals surface area (Å²) in [6.07, 6.45) is 11.2. The molecule has 11 heteroatoms. The van der Waals surface area contributed by atoms with E-state index in [0.29, 0.717) is 56.8 Å². The second kappa shape index (κ2) is 16.5. The Kier molecular flexibility index (Phi) is 13.6. The standard InChI is InChI=1S/C32H60BN5O5/c1-7-8-9-10-11-12-17-41-18-15-28(39)37-24(14-13-16-36-30(34)35)29(40)38-27(19-22(2)3)33-42-26-21-23-20-25(31(23,4)5)32(26,6)43-33/h22-27H,7-21H2,1-6H3,(H,37,39)(H,38,40)(H4,34,35,36)/t23-,24-,25-,26+,27-,32-/m0/s1. The predicted octanol–water partition coefficient (Wildman–Crippen LogP) is 4.09. The highest BCUT2D eigenvalue weighted by Crippen LogP contribution is 2.65. The molecule has 3 aliphatic carbocycles. The van der Waals surface area contributed by atoms with E-state index in [9.17, 15) is 9.59 Å². The number of guanidine groups is 1. The Hall–Kier alpha value is -1.85. The Bertz CT molecular complexity index is 930. The minimum absolute atomic E-state index is 0.0103. The molecule has 0 spiro atoms. The van der Waals surface area contributed by atoms with Crippen LogP contribution in [0.4, 0.5) is 0 Å². The van der Waals surface area contributed by atoms with Gasteiger partial charge in [-0.05, 0) is 68.6 Å². The average Bonchev–Trinajstić information content (AvgIpc) is 3.30. The molecule has 0 radical (unpaired) electrons. The van der Waals surface area contributed by atoms with Gasteiger partial charge in [-0.1, -0.05) is 66.7 Å². The third kappa shape index (κ3) is 9.82. The van der Waals surface area contributed by atoms with E-state index in [4.69, 9.17) is 25.5 Å². The lowest BCUT2D eigenvalue weighted by molar-refractivity contribution is -0.199. The lowest BCUT2D eigenvalue weighted by Gasteiger charge is -2.64. The van der Waals surface area contributed by atoms with Gasteiger partial charge in [-0.2, -0.15) is 0 Å². The molecule has 0 aromatic rings. The molecular formula is C32H60BN5O5. The Morgan fingerprint density at radius 2 is 1.74 bits per heavy atom. The molecule has 1 aliphatic heterocycles. The highest BCUT2D eigenvalue weighted by molar-refractivity contribution is 6.48. The Balaban J connectivity index is 1.56. The molecule has 6 N–H and O–H groups in total. The van der Waals surface area contributed by atoms with E-state index < -0.39 is 13.2 Å². The molecule has 1 heterocycles. The molecule has 1 saturated heterocycles. The minimum Gasteiger partial charge on any atom is -0.404 e. The number of unbranched alkanes of at least 4 members (excludes halogenated alkanes) is 5. The minimum atomic E-state index is -0.721. The van der Waals surface area contributed by atoms with Gasteiger partial charge >= 0.3 is 7.12 Å². The molecule has 4 aliphatic rings. The molecule has 43 heavy (non-hydrogen) atoms. The van der Waals surface area contributed by atoms with Gasteiger partial charge in [-0.15, -0.1) is 0 Å². The van der Waals surface area contributed by atoms with Crippen LogP contribution in [0.25, 0.3) is 0 Å². The maximum atomic E-state index is 13.7. The highest BCUT2D eigenvalue weighted by atomic mass is 16.7. The third-order valence-corrected chi connectivity index (χ3v) is 10.1. The van der Waals surface area contributed by atoms with E-state index in [1.165, 1.54) is 32.1 Å². The summed E-state index contributed by atoms with van der Waals surface area (Å²) in [6.45, 7) is 14.7. The monoisotopic (exact) mass is 605 g/mol. The first-order valence-corrected chi connectivity index (χ1v) is 16.9. The van der Waals surface area contributed by atoms with Crippen molar-refractivity contribution in [2.45, 2.75) is 142 Å². The van der Waals surface area contributed by atoms with E-state index in [2.05, 4.69) is 57.2 Å². The Labute approximate surface area is 260 Å². The molecule has 6 atom stereocenters. The van der Waals surface area contributed by atoms with Crippen molar-refractivity contribution < 1.29 is 23.6 Å². The lowest BCUT2D eigenvalue weighted by Crippen LogP contribution is -2.65. The van der Waals surface area contributed by atoms with Gasteiger partial charge in [0.15, 0.2) is 5.96 Å². The molecule has 4 rings (SSSR count). The number of carbonyl (C=O) groups is 2. The smallest absolute Gasteiger partial charge is 0.404 e. The zero-order valence-electron chi connectivity index (χ0n) is 27.8. The number of ether oxygens (including phenoxy) is 1. The number of hydrogen-bond donors (Lipinski definition) is 4. The van der Waals surface area contributed by atoms with Gasteiger partial charge in [0.1, 0.15) is 6.04 Å². The summed E-state index contributed by atoms with van der Waals surface area (Å²) >= 11 is 0. The van der Waals surface area contributed by atoms with Crippen LogP contribution in [0.3, 0.4) is 0 Å². The molecule has 2 amide bonds. The molecule has 3 saturated carbocycles. The number of nitrogens with zero attached hydrogens (tertiary/aromatic N) is 1. The number of nitrogens with two attached hydrogens (primary N) is 2. The molecular weight excluding hydrogens is 545 g/mol. The van der Waals surface area contributed by atoms with Crippen molar-refractivity contribution in [3.8, 4) is 0 Å². The average molecular weight is 606 g/mol. The second-order valence-electron chi connectivity index (χ2n) is 14.3. The van der Waals surface area contributed by atoms with Gasteiger partial charge < -0.3 is 36.1 Å². The van der Waals surface area contributed by atoms with Crippen molar-refractivity contribution in [3.63, 3.8) is 0 Å².